The van der Waals surface area contributed by atoms with Gasteiger partial charge in [-0.2, -0.15) is 0 Å². The quantitative estimate of drug-likeness (QED) is 0.804. The van der Waals surface area contributed by atoms with Crippen molar-refractivity contribution in [3.8, 4) is 0 Å². The molecule has 1 fully saturated rings. The molecular weight excluding hydrogens is 258 g/mol. The molecule has 0 saturated carbocycles. The van der Waals surface area contributed by atoms with Gasteiger partial charge in [-0.05, 0) is 65.8 Å². The molecule has 21 heavy (non-hydrogen) atoms. The number of nitrogens with one attached hydrogen (secondary N) is 1. The van der Waals surface area contributed by atoms with E-state index >= 15 is 0 Å². The van der Waals surface area contributed by atoms with Gasteiger partial charge >= 0.3 is 0 Å². The first-order valence-corrected chi connectivity index (χ1v) is 9.03. The topological polar surface area (TPSA) is 18.5 Å². The van der Waals surface area contributed by atoms with Crippen LogP contribution >= 0.6 is 0 Å². The van der Waals surface area contributed by atoms with Gasteiger partial charge in [-0.3, -0.25) is 0 Å². The van der Waals surface area contributed by atoms with Gasteiger partial charge in [-0.1, -0.05) is 31.4 Å². The molecule has 2 rings (SSSR count). The van der Waals surface area contributed by atoms with Crippen LogP contribution in [-0.2, 0) is 0 Å². The molecule has 2 aliphatic rings. The molecule has 0 aromatic carbocycles. The summed E-state index contributed by atoms with van der Waals surface area (Å²) in [5.74, 6) is 0. The molecule has 1 saturated heterocycles. The van der Waals surface area contributed by atoms with E-state index in [-0.39, 0.29) is 0 Å². The van der Waals surface area contributed by atoms with E-state index in [0.717, 1.165) is 6.54 Å². The molecule has 3 nitrogen and oxygen atoms in total. The van der Waals surface area contributed by atoms with Gasteiger partial charge in [-0.15, -0.1) is 0 Å². The second kappa shape index (κ2) is 8.92. The summed E-state index contributed by atoms with van der Waals surface area (Å²) in [7, 11) is 4.60. The van der Waals surface area contributed by atoms with Gasteiger partial charge in [0.05, 0.1) is 0 Å². The molecule has 1 N–H and O–H groups in total. The van der Waals surface area contributed by atoms with Crippen molar-refractivity contribution >= 4 is 0 Å². The molecule has 1 aliphatic carbocycles. The van der Waals surface area contributed by atoms with Crippen LogP contribution in [0.15, 0.2) is 11.6 Å². The van der Waals surface area contributed by atoms with Crippen molar-refractivity contribution in [2.45, 2.75) is 64.0 Å². The third-order valence-corrected chi connectivity index (χ3v) is 5.15. The van der Waals surface area contributed by atoms with Crippen LogP contribution in [-0.4, -0.2) is 62.2 Å². The van der Waals surface area contributed by atoms with Gasteiger partial charge < -0.3 is 15.1 Å². The maximum Gasteiger partial charge on any atom is 0.0449 e. The van der Waals surface area contributed by atoms with E-state index in [9.17, 15) is 0 Å². The summed E-state index contributed by atoms with van der Waals surface area (Å²) in [5.41, 5.74) is 1.68. The minimum atomic E-state index is 0.540. The van der Waals surface area contributed by atoms with Gasteiger partial charge in [0.1, 0.15) is 0 Å². The molecule has 2 atom stereocenters. The molecule has 0 radical (unpaired) electrons. The molecule has 2 unspecified atom stereocenters. The molecule has 1 aliphatic heterocycles. The predicted octanol–water partition coefficient (Wildman–Crippen LogP) is 2.88. The molecule has 0 aromatic rings. The summed E-state index contributed by atoms with van der Waals surface area (Å²) in [5, 5.41) is 3.81. The Morgan fingerprint density at radius 3 is 2.76 bits per heavy atom. The summed E-state index contributed by atoms with van der Waals surface area (Å²) in [4.78, 5) is 5.11. The number of likely N-dealkylation sites (N-methyl/N-ethyl adjacent to an activating group) is 3. The van der Waals surface area contributed by atoms with Crippen LogP contribution in [0.2, 0.25) is 0 Å². The normalized spacial score (nSPS) is 28.3. The van der Waals surface area contributed by atoms with Crippen LogP contribution in [0.3, 0.4) is 0 Å². The summed E-state index contributed by atoms with van der Waals surface area (Å²) >= 11 is 0. The zero-order chi connectivity index (χ0) is 15.1. The Morgan fingerprint density at radius 1 is 1.14 bits per heavy atom. The van der Waals surface area contributed by atoms with E-state index in [2.05, 4.69) is 42.2 Å². The van der Waals surface area contributed by atoms with E-state index in [0.29, 0.717) is 12.1 Å². The second-order valence-corrected chi connectivity index (χ2v) is 6.93. The molecule has 3 heteroatoms. The highest BCUT2D eigenvalue weighted by atomic mass is 15.2. The molecule has 0 amide bonds. The third-order valence-electron chi connectivity index (χ3n) is 5.15. The molecule has 0 bridgehead atoms. The smallest absolute Gasteiger partial charge is 0.0449 e. The summed E-state index contributed by atoms with van der Waals surface area (Å²) in [6.45, 7) is 6.96. The van der Waals surface area contributed by atoms with E-state index in [1.165, 1.54) is 64.6 Å². The third kappa shape index (κ3) is 5.08. The lowest BCUT2D eigenvalue weighted by molar-refractivity contribution is 0.190. The monoisotopic (exact) mass is 293 g/mol. The second-order valence-electron chi connectivity index (χ2n) is 6.93. The minimum Gasteiger partial charge on any atom is -0.309 e. The molecule has 1 heterocycles. The van der Waals surface area contributed by atoms with E-state index in [4.69, 9.17) is 0 Å². The molecule has 122 valence electrons. The Morgan fingerprint density at radius 2 is 1.95 bits per heavy atom. The number of allylic oxidation sites excluding steroid dienone is 1. The van der Waals surface area contributed by atoms with Gasteiger partial charge in [-0.25, -0.2) is 0 Å². The average Bonchev–Trinajstić information content (AvgIpc) is 2.58. The van der Waals surface area contributed by atoms with Crippen molar-refractivity contribution < 1.29 is 0 Å². The zero-order valence-corrected chi connectivity index (χ0v) is 14.4. The number of nitrogens with zero attached hydrogens (tertiary/aromatic N) is 2. The van der Waals surface area contributed by atoms with Gasteiger partial charge in [0.2, 0.25) is 0 Å². The fraction of sp³-hybridized carbons (Fsp3) is 0.889. The van der Waals surface area contributed by atoms with Gasteiger partial charge in [0.25, 0.3) is 0 Å². The van der Waals surface area contributed by atoms with E-state index in [1.54, 1.807) is 5.57 Å². The predicted molar refractivity (Wildman–Crippen MR) is 91.8 cm³/mol. The largest absolute Gasteiger partial charge is 0.309 e. The Hall–Kier alpha value is -0.380. The standard InChI is InChI=1S/C18H35N3/c1-4-19-18(16-11-8-6-5-7-9-12-16)17-15-20(2)13-10-14-21(17)3/h11,17-19H,4-10,12-15H2,1-3H3. The van der Waals surface area contributed by atoms with Crippen molar-refractivity contribution in [2.24, 2.45) is 0 Å². The van der Waals surface area contributed by atoms with E-state index in [1.807, 2.05) is 0 Å². The van der Waals surface area contributed by atoms with Crippen LogP contribution < -0.4 is 5.32 Å². The molecular formula is C18H35N3. The summed E-state index contributed by atoms with van der Waals surface area (Å²) in [6, 6.07) is 1.15. The van der Waals surface area contributed by atoms with Crippen molar-refractivity contribution in [3.05, 3.63) is 11.6 Å². The van der Waals surface area contributed by atoms with Crippen LogP contribution in [0, 0.1) is 0 Å². The highest BCUT2D eigenvalue weighted by Crippen LogP contribution is 2.24. The van der Waals surface area contributed by atoms with Crippen molar-refractivity contribution in [1.82, 2.24) is 15.1 Å². The van der Waals surface area contributed by atoms with Crippen molar-refractivity contribution in [3.63, 3.8) is 0 Å². The zero-order valence-electron chi connectivity index (χ0n) is 14.4. The number of rotatable bonds is 4. The first-order chi connectivity index (χ1) is 10.2. The SMILES string of the molecule is CCNC(C1=CCCCCCC1)C1CN(C)CCCN1C. The number of hydrogen-bond donors (Lipinski definition) is 1. The van der Waals surface area contributed by atoms with Crippen LogP contribution in [0.1, 0.15) is 51.9 Å². The van der Waals surface area contributed by atoms with Crippen molar-refractivity contribution in [1.29, 1.82) is 0 Å². The summed E-state index contributed by atoms with van der Waals surface area (Å²) < 4.78 is 0. The maximum atomic E-state index is 3.81. The minimum absolute atomic E-state index is 0.540. The van der Waals surface area contributed by atoms with Gasteiger partial charge in [0.15, 0.2) is 0 Å². The number of hydrogen-bond acceptors (Lipinski definition) is 3. The average molecular weight is 293 g/mol. The van der Waals surface area contributed by atoms with E-state index < -0.39 is 0 Å². The van der Waals surface area contributed by atoms with Crippen LogP contribution in [0.25, 0.3) is 0 Å². The molecule has 0 spiro atoms. The van der Waals surface area contributed by atoms with Crippen LogP contribution in [0.4, 0.5) is 0 Å². The highest BCUT2D eigenvalue weighted by Gasteiger charge is 2.30. The van der Waals surface area contributed by atoms with Crippen LogP contribution in [0.5, 0.6) is 0 Å². The highest BCUT2D eigenvalue weighted by molar-refractivity contribution is 5.16. The van der Waals surface area contributed by atoms with Gasteiger partial charge in [0, 0.05) is 18.6 Å². The Kier molecular flexibility index (Phi) is 7.21. The lowest BCUT2D eigenvalue weighted by atomic mass is 9.90. The Balaban J connectivity index is 2.14. The Bertz CT molecular complexity index is 326. The maximum absolute atomic E-state index is 3.81. The lowest BCUT2D eigenvalue weighted by Crippen LogP contribution is -2.53. The first kappa shape index (κ1) is 17.0. The fourth-order valence-electron chi connectivity index (χ4n) is 3.90. The van der Waals surface area contributed by atoms with Crippen molar-refractivity contribution in [2.75, 3.05) is 40.3 Å². The Labute approximate surface area is 131 Å². The summed E-state index contributed by atoms with van der Waals surface area (Å²) in [6.07, 6.45) is 12.0. The fourth-order valence-corrected chi connectivity index (χ4v) is 3.90. The molecule has 0 aromatic heterocycles. The first-order valence-electron chi connectivity index (χ1n) is 9.03. The lowest BCUT2D eigenvalue weighted by Gasteiger charge is -2.37.